The fraction of sp³-hybridized carbons (Fsp3) is 0.647. The lowest BCUT2D eigenvalue weighted by molar-refractivity contribution is 0.417. The van der Waals surface area contributed by atoms with Gasteiger partial charge in [-0.2, -0.15) is 0 Å². The molecule has 2 heteroatoms. The Balaban J connectivity index is 2.20. The molecule has 1 aliphatic carbocycles. The maximum atomic E-state index is 5.83. The van der Waals surface area contributed by atoms with Crippen LogP contribution in [0.25, 0.3) is 0 Å². The van der Waals surface area contributed by atoms with E-state index >= 15 is 0 Å². The Morgan fingerprint density at radius 1 is 1.11 bits per heavy atom. The number of hydrazine groups is 1. The van der Waals surface area contributed by atoms with Gasteiger partial charge in [0.2, 0.25) is 0 Å². The molecule has 0 bridgehead atoms. The summed E-state index contributed by atoms with van der Waals surface area (Å²) in [7, 11) is 0. The monoisotopic (exact) mass is 260 g/mol. The van der Waals surface area contributed by atoms with Crippen LogP contribution in [-0.2, 0) is 6.42 Å². The zero-order chi connectivity index (χ0) is 14.3. The van der Waals surface area contributed by atoms with Crippen LogP contribution in [-0.4, -0.2) is 0 Å². The zero-order valence-electron chi connectivity index (χ0n) is 13.0. The van der Waals surface area contributed by atoms with Crippen molar-refractivity contribution in [2.45, 2.75) is 53.5 Å². The molecule has 1 unspecified atom stereocenters. The van der Waals surface area contributed by atoms with Gasteiger partial charge in [-0.25, -0.2) is 0 Å². The molecule has 0 saturated heterocycles. The molecule has 0 aliphatic heterocycles. The Morgan fingerprint density at radius 3 is 2.00 bits per heavy atom. The second kappa shape index (κ2) is 4.92. The first kappa shape index (κ1) is 14.5. The third-order valence-corrected chi connectivity index (χ3v) is 5.52. The van der Waals surface area contributed by atoms with Gasteiger partial charge in [-0.3, -0.25) is 11.3 Å². The quantitative estimate of drug-likeness (QED) is 0.624. The van der Waals surface area contributed by atoms with Crippen LogP contribution < -0.4 is 11.3 Å². The van der Waals surface area contributed by atoms with E-state index < -0.39 is 0 Å². The Morgan fingerprint density at radius 2 is 1.63 bits per heavy atom. The van der Waals surface area contributed by atoms with Gasteiger partial charge in [0, 0.05) is 6.04 Å². The average Bonchev–Trinajstić information content (AvgIpc) is 2.75. The summed E-state index contributed by atoms with van der Waals surface area (Å²) in [6.07, 6.45) is 2.35. The van der Waals surface area contributed by atoms with Crippen LogP contribution in [0.2, 0.25) is 0 Å². The molecule has 1 aromatic rings. The van der Waals surface area contributed by atoms with Gasteiger partial charge in [0.25, 0.3) is 0 Å². The Bertz CT molecular complexity index is 417. The average molecular weight is 260 g/mol. The van der Waals surface area contributed by atoms with E-state index in [1.807, 2.05) is 0 Å². The molecule has 2 rings (SSSR count). The maximum Gasteiger partial charge on any atom is 0.0498 e. The molecule has 1 saturated carbocycles. The fourth-order valence-electron chi connectivity index (χ4n) is 3.65. The van der Waals surface area contributed by atoms with Crippen molar-refractivity contribution in [1.29, 1.82) is 0 Å². The van der Waals surface area contributed by atoms with Crippen molar-refractivity contribution in [2.75, 3.05) is 0 Å². The van der Waals surface area contributed by atoms with E-state index in [-0.39, 0.29) is 6.04 Å². The summed E-state index contributed by atoms with van der Waals surface area (Å²) in [4.78, 5) is 0. The maximum absolute atomic E-state index is 5.83. The molecule has 106 valence electrons. The Labute approximate surface area is 117 Å². The Kier molecular flexibility index (Phi) is 3.76. The SMILES string of the molecule is CCCc1ccc(C(NN)C2C(C)(C)C2(C)C)cc1. The first-order valence-electron chi connectivity index (χ1n) is 7.41. The number of hydrogen-bond acceptors (Lipinski definition) is 2. The van der Waals surface area contributed by atoms with E-state index in [4.69, 9.17) is 5.84 Å². The minimum atomic E-state index is 0.251. The summed E-state index contributed by atoms with van der Waals surface area (Å²) in [5, 5.41) is 0. The fourth-order valence-corrected chi connectivity index (χ4v) is 3.65. The van der Waals surface area contributed by atoms with E-state index in [2.05, 4.69) is 64.3 Å². The molecule has 3 N–H and O–H groups in total. The van der Waals surface area contributed by atoms with E-state index in [1.54, 1.807) is 0 Å². The molecule has 19 heavy (non-hydrogen) atoms. The highest BCUT2D eigenvalue weighted by molar-refractivity contribution is 5.30. The standard InChI is InChI=1S/C17H28N2/c1-6-7-12-8-10-13(11-9-12)14(19-18)15-16(2,3)17(15,4)5/h8-11,14-15,19H,6-7,18H2,1-5H3. The molecule has 0 spiro atoms. The van der Waals surface area contributed by atoms with Gasteiger partial charge in [0.1, 0.15) is 0 Å². The normalized spacial score (nSPS) is 22.2. The summed E-state index contributed by atoms with van der Waals surface area (Å²) < 4.78 is 0. The smallest absolute Gasteiger partial charge is 0.0498 e. The van der Waals surface area contributed by atoms with E-state index in [0.717, 1.165) is 6.42 Å². The van der Waals surface area contributed by atoms with Crippen LogP contribution in [0, 0.1) is 16.7 Å². The van der Waals surface area contributed by atoms with Crippen molar-refractivity contribution < 1.29 is 0 Å². The van der Waals surface area contributed by atoms with E-state index in [9.17, 15) is 0 Å². The largest absolute Gasteiger partial charge is 0.271 e. The van der Waals surface area contributed by atoms with Gasteiger partial charge in [0.05, 0.1) is 0 Å². The summed E-state index contributed by atoms with van der Waals surface area (Å²) in [5.41, 5.74) is 6.45. The van der Waals surface area contributed by atoms with Crippen LogP contribution in [0.3, 0.4) is 0 Å². The minimum absolute atomic E-state index is 0.251. The molecule has 0 heterocycles. The van der Waals surface area contributed by atoms with Gasteiger partial charge >= 0.3 is 0 Å². The lowest BCUT2D eigenvalue weighted by atomic mass is 9.95. The van der Waals surface area contributed by atoms with Gasteiger partial charge in [-0.05, 0) is 34.3 Å². The van der Waals surface area contributed by atoms with E-state index in [1.165, 1.54) is 17.5 Å². The molecule has 2 nitrogen and oxygen atoms in total. The zero-order valence-corrected chi connectivity index (χ0v) is 13.0. The molecule has 1 fully saturated rings. The minimum Gasteiger partial charge on any atom is -0.271 e. The third kappa shape index (κ3) is 2.32. The molecule has 1 atom stereocenters. The molecular weight excluding hydrogens is 232 g/mol. The second-order valence-corrected chi connectivity index (χ2v) is 7.06. The number of benzene rings is 1. The van der Waals surface area contributed by atoms with Crippen molar-refractivity contribution in [3.05, 3.63) is 35.4 Å². The second-order valence-electron chi connectivity index (χ2n) is 7.06. The number of nitrogens with one attached hydrogen (secondary N) is 1. The highest BCUT2D eigenvalue weighted by Gasteiger charge is 2.67. The Hall–Kier alpha value is -0.860. The van der Waals surface area contributed by atoms with Crippen LogP contribution in [0.15, 0.2) is 24.3 Å². The summed E-state index contributed by atoms with van der Waals surface area (Å²) in [5.74, 6) is 6.42. The van der Waals surface area contributed by atoms with Gasteiger partial charge < -0.3 is 0 Å². The molecule has 1 aliphatic rings. The number of hydrogen-bond donors (Lipinski definition) is 2. The lowest BCUT2D eigenvalue weighted by Crippen LogP contribution is -2.31. The first-order chi connectivity index (χ1) is 8.86. The van der Waals surface area contributed by atoms with Crippen LogP contribution >= 0.6 is 0 Å². The van der Waals surface area contributed by atoms with Crippen LogP contribution in [0.5, 0.6) is 0 Å². The van der Waals surface area contributed by atoms with Crippen molar-refractivity contribution in [3.63, 3.8) is 0 Å². The highest BCUT2D eigenvalue weighted by Crippen LogP contribution is 2.72. The molecule has 1 aromatic carbocycles. The molecular formula is C17H28N2. The first-order valence-corrected chi connectivity index (χ1v) is 7.41. The predicted molar refractivity (Wildman–Crippen MR) is 81.6 cm³/mol. The third-order valence-electron chi connectivity index (χ3n) is 5.52. The number of rotatable bonds is 5. The van der Waals surface area contributed by atoms with Gasteiger partial charge in [0.15, 0.2) is 0 Å². The van der Waals surface area contributed by atoms with Crippen molar-refractivity contribution in [3.8, 4) is 0 Å². The number of nitrogens with two attached hydrogens (primary N) is 1. The lowest BCUT2D eigenvalue weighted by Gasteiger charge is -2.19. The van der Waals surface area contributed by atoms with Crippen molar-refractivity contribution in [1.82, 2.24) is 5.43 Å². The van der Waals surface area contributed by atoms with Crippen molar-refractivity contribution in [2.24, 2.45) is 22.6 Å². The van der Waals surface area contributed by atoms with Gasteiger partial charge in [-0.1, -0.05) is 65.3 Å². The topological polar surface area (TPSA) is 38.0 Å². The van der Waals surface area contributed by atoms with Crippen LogP contribution in [0.1, 0.15) is 58.2 Å². The summed E-state index contributed by atoms with van der Waals surface area (Å²) >= 11 is 0. The highest BCUT2D eigenvalue weighted by atomic mass is 15.2. The molecule has 0 radical (unpaired) electrons. The van der Waals surface area contributed by atoms with E-state index in [0.29, 0.717) is 16.7 Å². The molecule has 0 aromatic heterocycles. The van der Waals surface area contributed by atoms with Crippen molar-refractivity contribution >= 4 is 0 Å². The number of aryl methyl sites for hydroxylation is 1. The molecule has 0 amide bonds. The predicted octanol–water partition coefficient (Wildman–Crippen LogP) is 3.83. The van der Waals surface area contributed by atoms with Crippen LogP contribution in [0.4, 0.5) is 0 Å². The summed E-state index contributed by atoms with van der Waals surface area (Å²) in [6.45, 7) is 11.6. The summed E-state index contributed by atoms with van der Waals surface area (Å²) in [6, 6.07) is 9.21. The van der Waals surface area contributed by atoms with Gasteiger partial charge in [-0.15, -0.1) is 0 Å².